The highest BCUT2D eigenvalue weighted by Crippen LogP contribution is 2.10. The molecule has 1 aliphatic rings. The first-order chi connectivity index (χ1) is 6.70. The zero-order chi connectivity index (χ0) is 10.4. The highest BCUT2D eigenvalue weighted by Gasteiger charge is 2.20. The summed E-state index contributed by atoms with van der Waals surface area (Å²) in [6.07, 6.45) is 2.05. The largest absolute Gasteiger partial charge is 0.359 e. The molecule has 1 saturated heterocycles. The fourth-order valence-electron chi connectivity index (χ4n) is 1.51. The number of hydrogen-bond acceptors (Lipinski definition) is 3. The second-order valence-corrected chi connectivity index (χ2v) is 3.93. The Morgan fingerprint density at radius 3 is 2.71 bits per heavy atom. The van der Waals surface area contributed by atoms with E-state index in [-0.39, 0.29) is 17.9 Å². The Morgan fingerprint density at radius 1 is 1.50 bits per heavy atom. The van der Waals surface area contributed by atoms with E-state index < -0.39 is 0 Å². The molecule has 0 aromatic carbocycles. The van der Waals surface area contributed by atoms with Crippen LogP contribution in [0, 0.1) is 5.92 Å². The topological polar surface area (TPSA) is 50.4 Å². The lowest BCUT2D eigenvalue weighted by molar-refractivity contribution is -0.127. The number of hydrogen-bond donors (Lipinski definition) is 2. The predicted octanol–water partition coefficient (Wildman–Crippen LogP) is 0.485. The molecule has 1 heterocycles. The van der Waals surface area contributed by atoms with Gasteiger partial charge in [0.15, 0.2) is 0 Å². The van der Waals surface area contributed by atoms with Crippen LogP contribution < -0.4 is 10.6 Å². The Hall–Kier alpha value is -0.610. The van der Waals surface area contributed by atoms with Crippen LogP contribution in [-0.4, -0.2) is 31.8 Å². The van der Waals surface area contributed by atoms with Crippen molar-refractivity contribution >= 4 is 5.91 Å². The van der Waals surface area contributed by atoms with Gasteiger partial charge < -0.3 is 15.4 Å². The van der Waals surface area contributed by atoms with Crippen molar-refractivity contribution in [2.75, 3.05) is 19.8 Å². The number of rotatable bonds is 4. The van der Waals surface area contributed by atoms with Gasteiger partial charge in [-0.3, -0.25) is 4.79 Å². The number of carbonyl (C=O) groups is 1. The van der Waals surface area contributed by atoms with E-state index in [9.17, 15) is 4.79 Å². The van der Waals surface area contributed by atoms with E-state index in [1.54, 1.807) is 0 Å². The average Bonchev–Trinajstić information content (AvgIpc) is 2.18. The maximum absolute atomic E-state index is 11.6. The van der Waals surface area contributed by atoms with E-state index >= 15 is 0 Å². The first kappa shape index (κ1) is 11.5. The Kier molecular flexibility index (Phi) is 4.90. The molecule has 1 aliphatic heterocycles. The summed E-state index contributed by atoms with van der Waals surface area (Å²) in [5, 5.41) is 6.03. The van der Waals surface area contributed by atoms with Crippen LogP contribution in [-0.2, 0) is 9.53 Å². The van der Waals surface area contributed by atoms with Crippen molar-refractivity contribution in [3.63, 3.8) is 0 Å². The van der Waals surface area contributed by atoms with E-state index in [1.165, 1.54) is 0 Å². The van der Waals surface area contributed by atoms with Crippen LogP contribution >= 0.6 is 0 Å². The van der Waals surface area contributed by atoms with E-state index in [4.69, 9.17) is 4.74 Å². The summed E-state index contributed by atoms with van der Waals surface area (Å²) >= 11 is 0. The van der Waals surface area contributed by atoms with Crippen molar-refractivity contribution in [1.29, 1.82) is 0 Å². The standard InChI is InChI=1S/C10H20N2O2/c1-8(2)14-7-12-10(13)9-3-5-11-6-4-9/h8-9,11H,3-7H2,1-2H3,(H,12,13). The molecule has 0 unspecified atom stereocenters. The quantitative estimate of drug-likeness (QED) is 0.649. The molecule has 0 bridgehead atoms. The summed E-state index contributed by atoms with van der Waals surface area (Å²) in [5.74, 6) is 0.305. The monoisotopic (exact) mass is 200 g/mol. The number of ether oxygens (including phenoxy) is 1. The fraction of sp³-hybridized carbons (Fsp3) is 0.900. The lowest BCUT2D eigenvalue weighted by Crippen LogP contribution is -2.39. The molecule has 0 aromatic heterocycles. The lowest BCUT2D eigenvalue weighted by atomic mass is 9.97. The fourth-order valence-corrected chi connectivity index (χ4v) is 1.51. The number of nitrogens with one attached hydrogen (secondary N) is 2. The summed E-state index contributed by atoms with van der Waals surface area (Å²) in [7, 11) is 0. The van der Waals surface area contributed by atoms with Crippen molar-refractivity contribution in [1.82, 2.24) is 10.6 Å². The van der Waals surface area contributed by atoms with Gasteiger partial charge in [0.05, 0.1) is 6.10 Å². The molecule has 2 N–H and O–H groups in total. The highest BCUT2D eigenvalue weighted by atomic mass is 16.5. The molecule has 0 aliphatic carbocycles. The molecule has 4 heteroatoms. The maximum Gasteiger partial charge on any atom is 0.224 e. The second-order valence-electron chi connectivity index (χ2n) is 3.93. The minimum absolute atomic E-state index is 0.132. The third-order valence-electron chi connectivity index (χ3n) is 2.37. The van der Waals surface area contributed by atoms with Crippen LogP contribution in [0.3, 0.4) is 0 Å². The first-order valence-electron chi connectivity index (χ1n) is 5.30. The van der Waals surface area contributed by atoms with Gasteiger partial charge in [0, 0.05) is 5.92 Å². The minimum Gasteiger partial charge on any atom is -0.359 e. The molecule has 1 fully saturated rings. The van der Waals surface area contributed by atoms with Gasteiger partial charge in [0.25, 0.3) is 0 Å². The minimum atomic E-state index is 0.132. The van der Waals surface area contributed by atoms with Gasteiger partial charge in [0.2, 0.25) is 5.91 Å². The molecular weight excluding hydrogens is 180 g/mol. The van der Waals surface area contributed by atoms with Gasteiger partial charge in [-0.15, -0.1) is 0 Å². The third-order valence-corrected chi connectivity index (χ3v) is 2.37. The third kappa shape index (κ3) is 4.07. The summed E-state index contributed by atoms with van der Waals surface area (Å²) in [6, 6.07) is 0. The Bertz CT molecular complexity index is 177. The van der Waals surface area contributed by atoms with Crippen molar-refractivity contribution in [3.05, 3.63) is 0 Å². The molecule has 1 amide bonds. The van der Waals surface area contributed by atoms with Gasteiger partial charge in [-0.25, -0.2) is 0 Å². The predicted molar refractivity (Wildman–Crippen MR) is 54.8 cm³/mol. The first-order valence-corrected chi connectivity index (χ1v) is 5.30. The molecule has 0 spiro atoms. The average molecular weight is 200 g/mol. The van der Waals surface area contributed by atoms with Crippen LogP contribution in [0.2, 0.25) is 0 Å². The van der Waals surface area contributed by atoms with Crippen molar-refractivity contribution in [2.24, 2.45) is 5.92 Å². The van der Waals surface area contributed by atoms with Crippen molar-refractivity contribution in [2.45, 2.75) is 32.8 Å². The summed E-state index contributed by atoms with van der Waals surface area (Å²) < 4.78 is 5.26. The summed E-state index contributed by atoms with van der Waals surface area (Å²) in [4.78, 5) is 11.6. The molecule has 1 rings (SSSR count). The van der Waals surface area contributed by atoms with Gasteiger partial charge in [-0.1, -0.05) is 0 Å². The molecule has 0 aromatic rings. The van der Waals surface area contributed by atoms with E-state index in [0.717, 1.165) is 25.9 Å². The zero-order valence-electron chi connectivity index (χ0n) is 9.01. The summed E-state index contributed by atoms with van der Waals surface area (Å²) in [5.41, 5.74) is 0. The molecule has 82 valence electrons. The lowest BCUT2D eigenvalue weighted by Gasteiger charge is -2.21. The Balaban J connectivity index is 2.13. The van der Waals surface area contributed by atoms with Gasteiger partial charge in [-0.2, -0.15) is 0 Å². The van der Waals surface area contributed by atoms with Crippen LogP contribution in [0.4, 0.5) is 0 Å². The number of piperidine rings is 1. The smallest absolute Gasteiger partial charge is 0.224 e. The Labute approximate surface area is 85.4 Å². The van der Waals surface area contributed by atoms with Gasteiger partial charge in [0.1, 0.15) is 6.73 Å². The van der Waals surface area contributed by atoms with Gasteiger partial charge >= 0.3 is 0 Å². The van der Waals surface area contributed by atoms with Crippen molar-refractivity contribution < 1.29 is 9.53 Å². The number of carbonyl (C=O) groups excluding carboxylic acids is 1. The van der Waals surface area contributed by atoms with Crippen LogP contribution in [0.1, 0.15) is 26.7 Å². The normalized spacial score (nSPS) is 18.5. The molecular formula is C10H20N2O2. The van der Waals surface area contributed by atoms with Crippen molar-refractivity contribution in [3.8, 4) is 0 Å². The van der Waals surface area contributed by atoms with E-state index in [2.05, 4.69) is 10.6 Å². The molecule has 0 atom stereocenters. The van der Waals surface area contributed by atoms with Crippen LogP contribution in [0.15, 0.2) is 0 Å². The van der Waals surface area contributed by atoms with Crippen LogP contribution in [0.25, 0.3) is 0 Å². The van der Waals surface area contributed by atoms with Gasteiger partial charge in [-0.05, 0) is 39.8 Å². The Morgan fingerprint density at radius 2 is 2.14 bits per heavy atom. The van der Waals surface area contributed by atoms with E-state index in [1.807, 2.05) is 13.8 Å². The van der Waals surface area contributed by atoms with E-state index in [0.29, 0.717) is 6.73 Å². The van der Waals surface area contributed by atoms with Crippen LogP contribution in [0.5, 0.6) is 0 Å². The summed E-state index contributed by atoms with van der Waals surface area (Å²) in [6.45, 7) is 6.14. The molecule has 4 nitrogen and oxygen atoms in total. The zero-order valence-corrected chi connectivity index (χ0v) is 9.01. The maximum atomic E-state index is 11.6. The molecule has 0 saturated carbocycles. The second kappa shape index (κ2) is 5.98. The SMILES string of the molecule is CC(C)OCNC(=O)C1CCNCC1. The number of amides is 1. The molecule has 14 heavy (non-hydrogen) atoms. The molecule has 0 radical (unpaired) electrons. The highest BCUT2D eigenvalue weighted by molar-refractivity contribution is 5.78.